The molecule has 0 amide bonds. The molecule has 0 aromatic rings. The van der Waals surface area contributed by atoms with Crippen LogP contribution in [0.5, 0.6) is 0 Å². The van der Waals surface area contributed by atoms with E-state index in [4.69, 9.17) is 14.2 Å². The number of hydrogen-bond acceptors (Lipinski definition) is 3. The Balaban J connectivity index is 1.23. The molecule has 0 aliphatic heterocycles. The highest BCUT2D eigenvalue weighted by atomic mass is 19.3. The largest absolute Gasteiger partial charge is 0.378 e. The number of hydrogen-bond donors (Lipinski definition) is 0. The zero-order valence-electron chi connectivity index (χ0n) is 18.7. The molecule has 0 radical (unpaired) electrons. The molecule has 0 saturated heterocycles. The van der Waals surface area contributed by atoms with E-state index in [1.807, 2.05) is 20.8 Å². The molecule has 3 nitrogen and oxygen atoms in total. The summed E-state index contributed by atoms with van der Waals surface area (Å²) in [4.78, 5) is 0. The summed E-state index contributed by atoms with van der Waals surface area (Å²) in [6.45, 7) is 12.6. The van der Waals surface area contributed by atoms with Crippen LogP contribution in [-0.4, -0.2) is 43.0 Å². The highest BCUT2D eigenvalue weighted by molar-refractivity contribution is 5.06. The molecule has 5 heteroatoms. The number of alkyl halides is 2. The first-order valence-electron chi connectivity index (χ1n) is 11.0. The monoisotopic (exact) mass is 402 g/mol. The SMILES string of the molecule is CC(C)(C)OC1CC(OCCC(F)(F)COC2CC3(C2)CC(C(C)(C)C)C3)C1. The van der Waals surface area contributed by atoms with Crippen LogP contribution in [0.25, 0.3) is 0 Å². The van der Waals surface area contributed by atoms with Crippen molar-refractivity contribution in [3.05, 3.63) is 0 Å². The van der Waals surface area contributed by atoms with E-state index in [0.717, 1.165) is 31.6 Å². The molecule has 3 fully saturated rings. The van der Waals surface area contributed by atoms with Crippen molar-refractivity contribution in [3.8, 4) is 0 Å². The average molecular weight is 403 g/mol. The van der Waals surface area contributed by atoms with Gasteiger partial charge in [0, 0.05) is 6.42 Å². The van der Waals surface area contributed by atoms with Crippen LogP contribution in [0.15, 0.2) is 0 Å². The molecule has 0 bridgehead atoms. The molecule has 1 spiro atoms. The molecule has 0 N–H and O–H groups in total. The number of rotatable bonds is 8. The van der Waals surface area contributed by atoms with E-state index in [1.165, 1.54) is 12.8 Å². The van der Waals surface area contributed by atoms with Crippen molar-refractivity contribution >= 4 is 0 Å². The van der Waals surface area contributed by atoms with Gasteiger partial charge in [-0.3, -0.25) is 0 Å². The minimum Gasteiger partial charge on any atom is -0.378 e. The van der Waals surface area contributed by atoms with Crippen molar-refractivity contribution in [1.29, 1.82) is 0 Å². The molecule has 0 heterocycles. The summed E-state index contributed by atoms with van der Waals surface area (Å²) in [6.07, 6.45) is 6.02. The van der Waals surface area contributed by atoms with E-state index < -0.39 is 12.5 Å². The quantitative estimate of drug-likeness (QED) is 0.499. The van der Waals surface area contributed by atoms with Gasteiger partial charge in [0.15, 0.2) is 0 Å². The Morgan fingerprint density at radius 3 is 1.96 bits per heavy atom. The first kappa shape index (κ1) is 22.4. The van der Waals surface area contributed by atoms with Crippen LogP contribution in [0.4, 0.5) is 8.78 Å². The van der Waals surface area contributed by atoms with Gasteiger partial charge in [-0.05, 0) is 76.0 Å². The summed E-state index contributed by atoms with van der Waals surface area (Å²) in [5, 5.41) is 0. The fraction of sp³-hybridized carbons (Fsp3) is 1.00. The first-order valence-corrected chi connectivity index (χ1v) is 11.0. The van der Waals surface area contributed by atoms with Gasteiger partial charge < -0.3 is 14.2 Å². The van der Waals surface area contributed by atoms with Crippen LogP contribution in [0, 0.1) is 16.7 Å². The van der Waals surface area contributed by atoms with Crippen molar-refractivity contribution in [3.63, 3.8) is 0 Å². The Labute approximate surface area is 169 Å². The molecular weight excluding hydrogens is 362 g/mol. The molecule has 164 valence electrons. The molecule has 0 aromatic carbocycles. The van der Waals surface area contributed by atoms with Gasteiger partial charge in [0.25, 0.3) is 5.92 Å². The predicted octanol–water partition coefficient (Wildman–Crippen LogP) is 6.00. The van der Waals surface area contributed by atoms with Gasteiger partial charge in [0.05, 0.1) is 30.5 Å². The lowest BCUT2D eigenvalue weighted by molar-refractivity contribution is -0.192. The van der Waals surface area contributed by atoms with E-state index >= 15 is 0 Å². The number of halogens is 2. The van der Waals surface area contributed by atoms with E-state index in [9.17, 15) is 8.78 Å². The Hall–Kier alpha value is -0.260. The summed E-state index contributed by atoms with van der Waals surface area (Å²) in [5.41, 5.74) is 0.605. The maximum absolute atomic E-state index is 14.1. The van der Waals surface area contributed by atoms with Crippen molar-refractivity contribution < 1.29 is 23.0 Å². The van der Waals surface area contributed by atoms with Gasteiger partial charge >= 0.3 is 0 Å². The normalized spacial score (nSPS) is 36.0. The van der Waals surface area contributed by atoms with Crippen molar-refractivity contribution in [2.75, 3.05) is 13.2 Å². The highest BCUT2D eigenvalue weighted by Crippen LogP contribution is 2.63. The third kappa shape index (κ3) is 5.89. The third-order valence-corrected chi connectivity index (χ3v) is 6.83. The topological polar surface area (TPSA) is 27.7 Å². The van der Waals surface area contributed by atoms with Gasteiger partial charge in [-0.1, -0.05) is 20.8 Å². The van der Waals surface area contributed by atoms with Crippen LogP contribution in [0.1, 0.15) is 86.5 Å². The van der Waals surface area contributed by atoms with E-state index in [1.54, 1.807) is 0 Å². The standard InChI is InChI=1S/C23H40F2O3/c1-20(2,3)16-11-22(12-16)13-19(14-22)27-15-23(24,25)7-8-26-17-9-18(10-17)28-21(4,5)6/h16-19H,7-15H2,1-6H3. The van der Waals surface area contributed by atoms with Crippen LogP contribution < -0.4 is 0 Å². The fourth-order valence-electron chi connectivity index (χ4n) is 4.89. The second-order valence-electron chi connectivity index (χ2n) is 11.7. The summed E-state index contributed by atoms with van der Waals surface area (Å²) in [5.74, 6) is -2.03. The highest BCUT2D eigenvalue weighted by Gasteiger charge is 2.55. The lowest BCUT2D eigenvalue weighted by atomic mass is 9.46. The van der Waals surface area contributed by atoms with Crippen molar-refractivity contribution in [2.24, 2.45) is 16.7 Å². The van der Waals surface area contributed by atoms with Crippen molar-refractivity contribution in [1.82, 2.24) is 0 Å². The number of ether oxygens (including phenoxy) is 3. The van der Waals surface area contributed by atoms with Crippen LogP contribution >= 0.6 is 0 Å². The molecular formula is C23H40F2O3. The molecule has 3 aliphatic rings. The summed E-state index contributed by atoms with van der Waals surface area (Å²) in [6, 6.07) is 0. The van der Waals surface area contributed by atoms with Gasteiger partial charge in [0.2, 0.25) is 0 Å². The second kappa shape index (κ2) is 7.77. The second-order valence-corrected chi connectivity index (χ2v) is 11.7. The van der Waals surface area contributed by atoms with Gasteiger partial charge in [-0.2, -0.15) is 0 Å². The molecule has 0 aromatic heterocycles. The fourth-order valence-corrected chi connectivity index (χ4v) is 4.89. The van der Waals surface area contributed by atoms with Gasteiger partial charge in [-0.25, -0.2) is 8.78 Å². The van der Waals surface area contributed by atoms with Gasteiger partial charge in [-0.15, -0.1) is 0 Å². The Morgan fingerprint density at radius 2 is 1.43 bits per heavy atom. The third-order valence-electron chi connectivity index (χ3n) is 6.83. The van der Waals surface area contributed by atoms with Crippen molar-refractivity contribution in [2.45, 2.75) is 116 Å². The minimum atomic E-state index is -2.80. The van der Waals surface area contributed by atoms with E-state index in [0.29, 0.717) is 10.8 Å². The molecule has 0 unspecified atom stereocenters. The maximum atomic E-state index is 14.1. The van der Waals surface area contributed by atoms with Gasteiger partial charge in [0.1, 0.15) is 6.61 Å². The summed E-state index contributed by atoms with van der Waals surface area (Å²) >= 11 is 0. The van der Waals surface area contributed by atoms with Crippen LogP contribution in [0.2, 0.25) is 0 Å². The lowest BCUT2D eigenvalue weighted by Gasteiger charge is -2.60. The van der Waals surface area contributed by atoms with E-state index in [2.05, 4.69) is 20.8 Å². The average Bonchev–Trinajstić information content (AvgIpc) is 2.38. The Bertz CT molecular complexity index is 515. The molecule has 0 atom stereocenters. The summed E-state index contributed by atoms with van der Waals surface area (Å²) in [7, 11) is 0. The predicted molar refractivity (Wildman–Crippen MR) is 107 cm³/mol. The summed E-state index contributed by atoms with van der Waals surface area (Å²) < 4.78 is 45.2. The lowest BCUT2D eigenvalue weighted by Crippen LogP contribution is -2.54. The van der Waals surface area contributed by atoms with Crippen LogP contribution in [0.3, 0.4) is 0 Å². The Kier molecular flexibility index (Phi) is 6.23. The zero-order valence-corrected chi connectivity index (χ0v) is 18.7. The maximum Gasteiger partial charge on any atom is 0.273 e. The molecule has 3 rings (SSSR count). The smallest absolute Gasteiger partial charge is 0.273 e. The first-order chi connectivity index (χ1) is 12.8. The zero-order chi connectivity index (χ0) is 20.8. The minimum absolute atomic E-state index is 0.0228. The van der Waals surface area contributed by atoms with E-state index in [-0.39, 0.29) is 36.9 Å². The molecule has 3 aliphatic carbocycles. The molecule has 28 heavy (non-hydrogen) atoms. The molecule has 3 saturated carbocycles. The Morgan fingerprint density at radius 1 is 0.821 bits per heavy atom. The van der Waals surface area contributed by atoms with Crippen LogP contribution in [-0.2, 0) is 14.2 Å².